The molecule has 1 fully saturated rings. The first-order valence-corrected chi connectivity index (χ1v) is 8.05. The lowest BCUT2D eigenvalue weighted by atomic mass is 10.1. The molecule has 2 rings (SSSR count). The molecule has 0 bridgehead atoms. The molecule has 0 atom stereocenters. The highest BCUT2D eigenvalue weighted by Gasteiger charge is 2.30. The highest BCUT2D eigenvalue weighted by Crippen LogP contribution is 2.31. The SMILES string of the molecule is CCCNCc1cc(C)nc(N(CC(C)C)C2CC2)c1. The minimum atomic E-state index is 0.680. The van der Waals surface area contributed by atoms with E-state index in [9.17, 15) is 0 Å². The van der Waals surface area contributed by atoms with E-state index < -0.39 is 0 Å². The summed E-state index contributed by atoms with van der Waals surface area (Å²) in [7, 11) is 0. The first-order chi connectivity index (χ1) is 9.60. The number of hydrogen-bond acceptors (Lipinski definition) is 3. The third-order valence-corrected chi connectivity index (χ3v) is 3.60. The van der Waals surface area contributed by atoms with Gasteiger partial charge in [0, 0.05) is 24.8 Å². The Kier molecular flexibility index (Phi) is 5.41. The maximum atomic E-state index is 4.77. The van der Waals surface area contributed by atoms with Crippen LogP contribution in [0.5, 0.6) is 0 Å². The topological polar surface area (TPSA) is 28.2 Å². The Balaban J connectivity index is 2.12. The summed E-state index contributed by atoms with van der Waals surface area (Å²) >= 11 is 0. The molecule has 1 aromatic heterocycles. The van der Waals surface area contributed by atoms with Crippen molar-refractivity contribution in [2.75, 3.05) is 18.0 Å². The van der Waals surface area contributed by atoms with E-state index in [1.165, 1.54) is 30.6 Å². The van der Waals surface area contributed by atoms with Gasteiger partial charge in [0.15, 0.2) is 0 Å². The average molecular weight is 275 g/mol. The predicted octanol–water partition coefficient (Wildman–Crippen LogP) is 3.51. The summed E-state index contributed by atoms with van der Waals surface area (Å²) in [6, 6.07) is 5.20. The second kappa shape index (κ2) is 7.07. The molecular weight excluding hydrogens is 246 g/mol. The summed E-state index contributed by atoms with van der Waals surface area (Å²) in [5.74, 6) is 1.86. The summed E-state index contributed by atoms with van der Waals surface area (Å²) < 4.78 is 0. The molecule has 1 aliphatic carbocycles. The number of anilines is 1. The fourth-order valence-corrected chi connectivity index (χ4v) is 2.59. The predicted molar refractivity (Wildman–Crippen MR) is 86.2 cm³/mol. The summed E-state index contributed by atoms with van der Waals surface area (Å²) in [6.45, 7) is 12.0. The molecule has 0 aromatic carbocycles. The smallest absolute Gasteiger partial charge is 0.129 e. The first kappa shape index (κ1) is 15.3. The average Bonchev–Trinajstić information content (AvgIpc) is 3.19. The molecule has 0 amide bonds. The van der Waals surface area contributed by atoms with Gasteiger partial charge in [-0.3, -0.25) is 0 Å². The molecule has 112 valence electrons. The molecule has 3 heteroatoms. The van der Waals surface area contributed by atoms with Crippen LogP contribution in [0.25, 0.3) is 0 Å². The molecule has 20 heavy (non-hydrogen) atoms. The van der Waals surface area contributed by atoms with Crippen LogP contribution in [0.4, 0.5) is 5.82 Å². The second-order valence-corrected chi connectivity index (χ2v) is 6.43. The monoisotopic (exact) mass is 275 g/mol. The zero-order valence-electron chi connectivity index (χ0n) is 13.4. The van der Waals surface area contributed by atoms with E-state index in [-0.39, 0.29) is 0 Å². The fraction of sp³-hybridized carbons (Fsp3) is 0.706. The maximum absolute atomic E-state index is 4.77. The van der Waals surface area contributed by atoms with Crippen LogP contribution in [-0.4, -0.2) is 24.1 Å². The molecule has 0 saturated heterocycles. The van der Waals surface area contributed by atoms with Gasteiger partial charge in [0.1, 0.15) is 5.82 Å². The standard InChI is InChI=1S/C17H29N3/c1-5-8-18-11-15-9-14(4)19-17(10-15)20(12-13(2)3)16-6-7-16/h9-10,13,16,18H,5-8,11-12H2,1-4H3. The Hall–Kier alpha value is -1.09. The van der Waals surface area contributed by atoms with Gasteiger partial charge < -0.3 is 10.2 Å². The highest BCUT2D eigenvalue weighted by molar-refractivity contribution is 5.45. The van der Waals surface area contributed by atoms with Crippen molar-refractivity contribution in [2.45, 2.75) is 59.5 Å². The lowest BCUT2D eigenvalue weighted by molar-refractivity contribution is 0.601. The molecule has 1 N–H and O–H groups in total. The second-order valence-electron chi connectivity index (χ2n) is 6.43. The van der Waals surface area contributed by atoms with Crippen molar-refractivity contribution in [3.8, 4) is 0 Å². The zero-order valence-corrected chi connectivity index (χ0v) is 13.4. The minimum absolute atomic E-state index is 0.680. The lowest BCUT2D eigenvalue weighted by Crippen LogP contribution is -2.31. The number of hydrogen-bond donors (Lipinski definition) is 1. The van der Waals surface area contributed by atoms with Crippen molar-refractivity contribution >= 4 is 5.82 Å². The fourth-order valence-electron chi connectivity index (χ4n) is 2.59. The van der Waals surface area contributed by atoms with Crippen molar-refractivity contribution < 1.29 is 0 Å². The Morgan fingerprint density at radius 2 is 2.10 bits per heavy atom. The van der Waals surface area contributed by atoms with Crippen LogP contribution in [0.15, 0.2) is 12.1 Å². The van der Waals surface area contributed by atoms with Crippen LogP contribution >= 0.6 is 0 Å². The number of aryl methyl sites for hydroxylation is 1. The van der Waals surface area contributed by atoms with E-state index in [2.05, 4.69) is 50.0 Å². The van der Waals surface area contributed by atoms with Gasteiger partial charge in [-0.15, -0.1) is 0 Å². The highest BCUT2D eigenvalue weighted by atomic mass is 15.2. The summed E-state index contributed by atoms with van der Waals surface area (Å²) in [6.07, 6.45) is 3.83. The number of aromatic nitrogens is 1. The number of pyridine rings is 1. The van der Waals surface area contributed by atoms with Crippen LogP contribution in [0.2, 0.25) is 0 Å². The van der Waals surface area contributed by atoms with Crippen molar-refractivity contribution in [3.63, 3.8) is 0 Å². The van der Waals surface area contributed by atoms with E-state index in [0.29, 0.717) is 5.92 Å². The van der Waals surface area contributed by atoms with Crippen molar-refractivity contribution in [1.82, 2.24) is 10.3 Å². The first-order valence-electron chi connectivity index (χ1n) is 8.05. The van der Waals surface area contributed by atoms with Gasteiger partial charge in [-0.1, -0.05) is 20.8 Å². The molecule has 1 heterocycles. The molecule has 0 unspecified atom stereocenters. The van der Waals surface area contributed by atoms with Gasteiger partial charge >= 0.3 is 0 Å². The minimum Gasteiger partial charge on any atom is -0.353 e. The van der Waals surface area contributed by atoms with Crippen LogP contribution in [0.1, 0.15) is 51.3 Å². The van der Waals surface area contributed by atoms with Crippen molar-refractivity contribution in [2.24, 2.45) is 5.92 Å². The largest absolute Gasteiger partial charge is 0.353 e. The Labute approximate surface area is 123 Å². The normalized spacial score (nSPS) is 14.8. The van der Waals surface area contributed by atoms with E-state index in [1.54, 1.807) is 0 Å². The Morgan fingerprint density at radius 3 is 2.70 bits per heavy atom. The number of nitrogens with zero attached hydrogens (tertiary/aromatic N) is 2. The Bertz CT molecular complexity index is 424. The third kappa shape index (κ3) is 4.48. The molecule has 0 spiro atoms. The summed E-state index contributed by atoms with van der Waals surface area (Å²) in [5, 5.41) is 3.48. The third-order valence-electron chi connectivity index (χ3n) is 3.60. The summed E-state index contributed by atoms with van der Waals surface area (Å²) in [4.78, 5) is 7.29. The number of nitrogens with one attached hydrogen (secondary N) is 1. The van der Waals surface area contributed by atoms with Gasteiger partial charge in [-0.2, -0.15) is 0 Å². The Morgan fingerprint density at radius 1 is 1.35 bits per heavy atom. The van der Waals surface area contributed by atoms with Gasteiger partial charge in [0.2, 0.25) is 0 Å². The van der Waals surface area contributed by atoms with Crippen molar-refractivity contribution in [3.05, 3.63) is 23.4 Å². The van der Waals surface area contributed by atoms with E-state index in [0.717, 1.165) is 31.4 Å². The number of rotatable bonds is 8. The van der Waals surface area contributed by atoms with Crippen LogP contribution < -0.4 is 10.2 Å². The van der Waals surface area contributed by atoms with Crippen LogP contribution in [0, 0.1) is 12.8 Å². The molecule has 1 aromatic rings. The van der Waals surface area contributed by atoms with E-state index in [4.69, 9.17) is 4.98 Å². The van der Waals surface area contributed by atoms with Gasteiger partial charge in [0.25, 0.3) is 0 Å². The van der Waals surface area contributed by atoms with Gasteiger partial charge in [0.05, 0.1) is 0 Å². The molecule has 0 aliphatic heterocycles. The van der Waals surface area contributed by atoms with E-state index >= 15 is 0 Å². The quantitative estimate of drug-likeness (QED) is 0.736. The molecule has 3 nitrogen and oxygen atoms in total. The maximum Gasteiger partial charge on any atom is 0.129 e. The van der Waals surface area contributed by atoms with Gasteiger partial charge in [-0.05, 0) is 56.3 Å². The summed E-state index contributed by atoms with van der Waals surface area (Å²) in [5.41, 5.74) is 2.49. The lowest BCUT2D eigenvalue weighted by Gasteiger charge is -2.26. The molecular formula is C17H29N3. The van der Waals surface area contributed by atoms with Gasteiger partial charge in [-0.25, -0.2) is 4.98 Å². The molecule has 0 radical (unpaired) electrons. The zero-order chi connectivity index (χ0) is 14.5. The van der Waals surface area contributed by atoms with E-state index in [1.807, 2.05) is 0 Å². The molecule has 1 aliphatic rings. The van der Waals surface area contributed by atoms with Crippen LogP contribution in [-0.2, 0) is 6.54 Å². The molecule has 1 saturated carbocycles. The van der Waals surface area contributed by atoms with Crippen molar-refractivity contribution in [1.29, 1.82) is 0 Å². The van der Waals surface area contributed by atoms with Crippen LogP contribution in [0.3, 0.4) is 0 Å².